The van der Waals surface area contributed by atoms with E-state index in [1.165, 1.54) is 0 Å². The van der Waals surface area contributed by atoms with Crippen molar-refractivity contribution in [3.05, 3.63) is 85.2 Å². The van der Waals surface area contributed by atoms with Crippen LogP contribution in [0.4, 0.5) is 16.4 Å². The van der Waals surface area contributed by atoms with Crippen LogP contribution in [-0.2, 0) is 17.7 Å². The van der Waals surface area contributed by atoms with Crippen molar-refractivity contribution in [3.8, 4) is 0 Å². The summed E-state index contributed by atoms with van der Waals surface area (Å²) in [5.74, 6) is 0.478. The Hall–Kier alpha value is -3.23. The zero-order valence-corrected chi connectivity index (χ0v) is 24.6. The summed E-state index contributed by atoms with van der Waals surface area (Å²) in [6.07, 6.45) is 0.103. The molecule has 0 spiro atoms. The Kier molecular flexibility index (Phi) is 8.76. The Labute approximate surface area is 239 Å². The molecule has 4 rings (SSSR count). The Morgan fingerprint density at radius 3 is 2.26 bits per heavy atom. The van der Waals surface area contributed by atoms with Crippen LogP contribution in [0.2, 0.25) is 10.0 Å². The molecule has 1 aliphatic heterocycles. The summed E-state index contributed by atoms with van der Waals surface area (Å²) in [6, 6.07) is 13.7. The SMILES string of the molecule is Cc1c(Cc2c(Cl)cccc2Cl)nc(N(C)Cc2ccc(N3CCN(C(=O)OC(C)(C)C)CC3)cc2)[nH]c1=O. The molecule has 0 saturated carbocycles. The number of hydrogen-bond acceptors (Lipinski definition) is 6. The molecule has 2 heterocycles. The molecule has 3 aromatic rings. The Morgan fingerprint density at radius 1 is 1.05 bits per heavy atom. The number of piperazine rings is 1. The fourth-order valence-electron chi connectivity index (χ4n) is 4.42. The summed E-state index contributed by atoms with van der Waals surface area (Å²) < 4.78 is 5.49. The average molecular weight is 573 g/mol. The minimum absolute atomic E-state index is 0.189. The first-order valence-corrected chi connectivity index (χ1v) is 13.7. The highest BCUT2D eigenvalue weighted by atomic mass is 35.5. The summed E-state index contributed by atoms with van der Waals surface area (Å²) in [6.45, 7) is 10.7. The van der Waals surface area contributed by atoms with Crippen LogP contribution < -0.4 is 15.4 Å². The first kappa shape index (κ1) is 28.8. The van der Waals surface area contributed by atoms with Crippen LogP contribution in [0.3, 0.4) is 0 Å². The molecule has 1 saturated heterocycles. The van der Waals surface area contributed by atoms with Gasteiger partial charge in [0, 0.05) is 67.5 Å². The van der Waals surface area contributed by atoms with E-state index in [4.69, 9.17) is 32.9 Å². The number of anilines is 2. The van der Waals surface area contributed by atoms with Crippen LogP contribution in [0.15, 0.2) is 47.3 Å². The smallest absolute Gasteiger partial charge is 0.410 e. The number of nitrogens with zero attached hydrogens (tertiary/aromatic N) is 4. The lowest BCUT2D eigenvalue weighted by Gasteiger charge is -2.36. The molecule has 0 unspecified atom stereocenters. The van der Waals surface area contributed by atoms with Crippen molar-refractivity contribution in [2.24, 2.45) is 0 Å². The lowest BCUT2D eigenvalue weighted by Crippen LogP contribution is -2.50. The monoisotopic (exact) mass is 571 g/mol. The maximum atomic E-state index is 12.7. The quantitative estimate of drug-likeness (QED) is 0.410. The number of ether oxygens (including phenoxy) is 1. The normalized spacial score (nSPS) is 13.9. The maximum absolute atomic E-state index is 12.7. The minimum atomic E-state index is -0.497. The predicted octanol–water partition coefficient (Wildman–Crippen LogP) is 5.67. The zero-order valence-electron chi connectivity index (χ0n) is 23.1. The third kappa shape index (κ3) is 7.25. The lowest BCUT2D eigenvalue weighted by molar-refractivity contribution is 0.0240. The van der Waals surface area contributed by atoms with Crippen molar-refractivity contribution in [2.75, 3.05) is 43.0 Å². The van der Waals surface area contributed by atoms with Crippen LogP contribution in [-0.4, -0.2) is 59.8 Å². The largest absolute Gasteiger partial charge is 0.444 e. The van der Waals surface area contributed by atoms with Gasteiger partial charge in [-0.2, -0.15) is 0 Å². The van der Waals surface area contributed by atoms with Gasteiger partial charge in [0.1, 0.15) is 5.60 Å². The highest BCUT2D eigenvalue weighted by Crippen LogP contribution is 2.27. The number of aromatic nitrogens is 2. The van der Waals surface area contributed by atoms with Crippen LogP contribution >= 0.6 is 23.2 Å². The van der Waals surface area contributed by atoms with Gasteiger partial charge in [-0.25, -0.2) is 9.78 Å². The second-order valence-electron chi connectivity index (χ2n) is 10.8. The fraction of sp³-hybridized carbons (Fsp3) is 0.414. The minimum Gasteiger partial charge on any atom is -0.444 e. The van der Waals surface area contributed by atoms with Crippen LogP contribution in [0.1, 0.15) is 43.2 Å². The Bertz CT molecular complexity index is 1360. The highest BCUT2D eigenvalue weighted by Gasteiger charge is 2.26. The van der Waals surface area contributed by atoms with Gasteiger partial charge in [-0.3, -0.25) is 9.78 Å². The summed E-state index contributed by atoms with van der Waals surface area (Å²) >= 11 is 12.7. The van der Waals surface area contributed by atoms with Crippen LogP contribution in [0.25, 0.3) is 0 Å². The molecule has 0 aliphatic carbocycles. The number of aromatic amines is 1. The van der Waals surface area contributed by atoms with Gasteiger partial charge in [0.15, 0.2) is 0 Å². The number of carbonyl (C=O) groups is 1. The molecular formula is C29H35Cl2N5O3. The van der Waals surface area contributed by atoms with Crippen molar-refractivity contribution in [3.63, 3.8) is 0 Å². The van der Waals surface area contributed by atoms with E-state index in [2.05, 4.69) is 34.1 Å². The first-order chi connectivity index (χ1) is 18.4. The highest BCUT2D eigenvalue weighted by molar-refractivity contribution is 6.36. The third-order valence-corrected chi connectivity index (χ3v) is 7.37. The van der Waals surface area contributed by atoms with Gasteiger partial charge in [0.25, 0.3) is 5.56 Å². The van der Waals surface area contributed by atoms with E-state index in [9.17, 15) is 9.59 Å². The lowest BCUT2D eigenvalue weighted by atomic mass is 10.1. The van der Waals surface area contributed by atoms with Crippen molar-refractivity contribution in [1.82, 2.24) is 14.9 Å². The molecule has 0 atom stereocenters. The van der Waals surface area contributed by atoms with Crippen molar-refractivity contribution in [1.29, 1.82) is 0 Å². The number of H-pyrrole nitrogens is 1. The van der Waals surface area contributed by atoms with Gasteiger partial charge in [0.05, 0.1) is 5.69 Å². The van der Waals surface area contributed by atoms with Gasteiger partial charge in [-0.1, -0.05) is 41.4 Å². The van der Waals surface area contributed by atoms with Gasteiger partial charge in [-0.05, 0) is 63.1 Å². The van der Waals surface area contributed by atoms with E-state index in [1.54, 1.807) is 30.0 Å². The second kappa shape index (κ2) is 11.9. The Balaban J connectivity index is 1.40. The van der Waals surface area contributed by atoms with E-state index in [1.807, 2.05) is 32.7 Å². The van der Waals surface area contributed by atoms with Gasteiger partial charge in [-0.15, -0.1) is 0 Å². The molecule has 0 bridgehead atoms. The average Bonchev–Trinajstić information content (AvgIpc) is 2.88. The molecule has 208 valence electrons. The van der Waals surface area contributed by atoms with Crippen LogP contribution in [0, 0.1) is 6.92 Å². The predicted molar refractivity (Wildman–Crippen MR) is 157 cm³/mol. The number of amides is 1. The van der Waals surface area contributed by atoms with Crippen molar-refractivity contribution < 1.29 is 9.53 Å². The van der Waals surface area contributed by atoms with Gasteiger partial charge in [0.2, 0.25) is 5.95 Å². The molecule has 39 heavy (non-hydrogen) atoms. The number of benzene rings is 2. The van der Waals surface area contributed by atoms with E-state index < -0.39 is 5.60 Å². The van der Waals surface area contributed by atoms with E-state index in [0.717, 1.165) is 29.9 Å². The molecular weight excluding hydrogens is 537 g/mol. The molecule has 2 aromatic carbocycles. The number of rotatable bonds is 6. The van der Waals surface area contributed by atoms with E-state index in [0.29, 0.717) is 53.3 Å². The fourth-order valence-corrected chi connectivity index (χ4v) is 4.95. The van der Waals surface area contributed by atoms with Gasteiger partial charge >= 0.3 is 6.09 Å². The Morgan fingerprint density at radius 2 is 1.67 bits per heavy atom. The molecule has 10 heteroatoms. The maximum Gasteiger partial charge on any atom is 0.410 e. The number of halogens is 2. The molecule has 8 nitrogen and oxygen atoms in total. The molecule has 1 N–H and O–H groups in total. The zero-order chi connectivity index (χ0) is 28.3. The molecule has 1 aliphatic rings. The summed E-state index contributed by atoms with van der Waals surface area (Å²) in [5, 5.41) is 1.09. The number of nitrogens with one attached hydrogen (secondary N) is 1. The van der Waals surface area contributed by atoms with Crippen LogP contribution in [0.5, 0.6) is 0 Å². The van der Waals surface area contributed by atoms with Gasteiger partial charge < -0.3 is 19.4 Å². The van der Waals surface area contributed by atoms with Crippen molar-refractivity contribution in [2.45, 2.75) is 46.3 Å². The molecule has 1 amide bonds. The number of carbonyl (C=O) groups excluding carboxylic acids is 1. The second-order valence-corrected chi connectivity index (χ2v) is 11.6. The third-order valence-electron chi connectivity index (χ3n) is 6.66. The summed E-state index contributed by atoms with van der Waals surface area (Å²) in [4.78, 5) is 38.6. The molecule has 1 aromatic heterocycles. The molecule has 1 fully saturated rings. The summed E-state index contributed by atoms with van der Waals surface area (Å²) in [5.41, 5.74) is 3.42. The summed E-state index contributed by atoms with van der Waals surface area (Å²) in [7, 11) is 1.89. The van der Waals surface area contributed by atoms with E-state index >= 15 is 0 Å². The first-order valence-electron chi connectivity index (χ1n) is 13.0. The topological polar surface area (TPSA) is 81.8 Å². The van der Waals surface area contributed by atoms with Crippen molar-refractivity contribution >= 4 is 40.9 Å². The standard InChI is InChI=1S/C29H35Cl2N5O3/c1-19-25(17-22-23(30)7-6-8-24(22)31)32-27(33-26(19)37)34(5)18-20-9-11-21(12-10-20)35-13-15-36(16-14-35)28(38)39-29(2,3)4/h6-12H,13-18H2,1-5H3,(H,32,33,37). The molecule has 0 radical (unpaired) electrons. The number of hydrogen-bond donors (Lipinski definition) is 1. The van der Waals surface area contributed by atoms with E-state index in [-0.39, 0.29) is 11.7 Å².